The van der Waals surface area contributed by atoms with Crippen molar-refractivity contribution in [2.45, 2.75) is 13.8 Å². The van der Waals surface area contributed by atoms with Gasteiger partial charge in [0.15, 0.2) is 0 Å². The van der Waals surface area contributed by atoms with Gasteiger partial charge in [0.2, 0.25) is 0 Å². The van der Waals surface area contributed by atoms with Crippen LogP contribution >= 0.6 is 11.6 Å². The number of hydrogen-bond donors (Lipinski definition) is 2. The molecule has 4 aromatic rings. The average Bonchev–Trinajstić information content (AvgIpc) is 3.15. The topological polar surface area (TPSA) is 124 Å². The predicted molar refractivity (Wildman–Crippen MR) is 148 cm³/mol. The van der Waals surface area contributed by atoms with Gasteiger partial charge in [-0.2, -0.15) is 5.10 Å². The number of aromatic nitrogens is 2. The van der Waals surface area contributed by atoms with Crippen molar-refractivity contribution in [1.29, 1.82) is 0 Å². The van der Waals surface area contributed by atoms with E-state index >= 15 is 0 Å². The minimum absolute atomic E-state index is 0.0101. The fourth-order valence-electron chi connectivity index (χ4n) is 3.69. The van der Waals surface area contributed by atoms with Gasteiger partial charge in [0, 0.05) is 7.05 Å². The Morgan fingerprint density at radius 3 is 2.21 bits per heavy atom. The summed E-state index contributed by atoms with van der Waals surface area (Å²) < 4.78 is 8.32. The number of nitrogens with one attached hydrogen (secondary N) is 2. The first-order chi connectivity index (χ1) is 18.7. The molecule has 2 N–H and O–H groups in total. The molecule has 0 fully saturated rings. The van der Waals surface area contributed by atoms with Crippen molar-refractivity contribution in [3.8, 4) is 11.4 Å². The zero-order valence-corrected chi connectivity index (χ0v) is 22.0. The van der Waals surface area contributed by atoms with E-state index in [0.717, 1.165) is 0 Å². The van der Waals surface area contributed by atoms with Gasteiger partial charge in [0.25, 0.3) is 5.56 Å². The number of halogens is 1. The monoisotopic (exact) mass is 545 g/mol. The summed E-state index contributed by atoms with van der Waals surface area (Å²) in [6.45, 7) is 3.29. The number of benzene rings is 3. The molecule has 4 rings (SSSR count). The van der Waals surface area contributed by atoms with Crippen molar-refractivity contribution in [3.05, 3.63) is 111 Å². The van der Waals surface area contributed by atoms with Crippen molar-refractivity contribution >= 4 is 40.8 Å². The van der Waals surface area contributed by atoms with E-state index in [4.69, 9.17) is 16.3 Å². The first-order valence-corrected chi connectivity index (χ1v) is 12.1. The lowest BCUT2D eigenvalue weighted by Crippen LogP contribution is -2.34. The largest absolute Gasteiger partial charge is 0.423 e. The number of anilines is 1. The van der Waals surface area contributed by atoms with E-state index in [1.165, 1.54) is 4.68 Å². The Morgan fingerprint density at radius 2 is 1.54 bits per heavy atom. The first kappa shape index (κ1) is 27.1. The van der Waals surface area contributed by atoms with Crippen molar-refractivity contribution in [2.24, 2.45) is 12.1 Å². The average molecular weight is 546 g/mol. The molecule has 3 aromatic carbocycles. The van der Waals surface area contributed by atoms with E-state index < -0.39 is 23.3 Å². The Bertz CT molecular complexity index is 1640. The molecule has 0 saturated heterocycles. The molecule has 0 aliphatic carbocycles. The van der Waals surface area contributed by atoms with Crippen LogP contribution in [0.25, 0.3) is 5.69 Å². The molecule has 0 radical (unpaired) electrons. The van der Waals surface area contributed by atoms with E-state index in [1.807, 2.05) is 6.07 Å². The Labute approximate surface area is 228 Å². The second kappa shape index (κ2) is 11.6. The van der Waals surface area contributed by atoms with Gasteiger partial charge in [-0.05, 0) is 67.9 Å². The molecular weight excluding hydrogens is 522 g/mol. The smallest absolute Gasteiger partial charge is 0.345 e. The van der Waals surface area contributed by atoms with Gasteiger partial charge in [-0.1, -0.05) is 41.9 Å². The molecule has 198 valence electrons. The van der Waals surface area contributed by atoms with Crippen LogP contribution in [0.5, 0.6) is 5.75 Å². The lowest BCUT2D eigenvalue weighted by molar-refractivity contribution is -0.136. The van der Waals surface area contributed by atoms with Crippen LogP contribution in [0, 0.1) is 6.92 Å². The third-order valence-corrected chi connectivity index (χ3v) is 6.23. The molecule has 0 saturated carbocycles. The van der Waals surface area contributed by atoms with Crippen molar-refractivity contribution in [3.63, 3.8) is 0 Å². The summed E-state index contributed by atoms with van der Waals surface area (Å²) in [5, 5.41) is 6.63. The fraction of sp³-hybridized carbons (Fsp3) is 0.107. The molecular formula is C28H24ClN5O5. The quantitative estimate of drug-likeness (QED) is 0.125. The summed E-state index contributed by atoms with van der Waals surface area (Å²) in [7, 11) is 1.68. The highest BCUT2D eigenvalue weighted by Gasteiger charge is 2.21. The number of ether oxygens (including phenoxy) is 1. The van der Waals surface area contributed by atoms with Gasteiger partial charge in [0.05, 0.1) is 27.7 Å². The van der Waals surface area contributed by atoms with Crippen LogP contribution in [0.4, 0.5) is 5.69 Å². The number of carbonyl (C=O) groups is 3. The van der Waals surface area contributed by atoms with Gasteiger partial charge in [0.1, 0.15) is 11.4 Å². The van der Waals surface area contributed by atoms with Crippen LogP contribution in [0.2, 0.25) is 5.02 Å². The molecule has 0 unspecified atom stereocenters. The van der Waals surface area contributed by atoms with Gasteiger partial charge in [-0.15, -0.1) is 0 Å². The minimum Gasteiger partial charge on any atom is -0.423 e. The highest BCUT2D eigenvalue weighted by Crippen LogP contribution is 2.19. The summed E-state index contributed by atoms with van der Waals surface area (Å²) in [4.78, 5) is 50.2. The standard InChI is InChI=1S/C28H24ClN5O5/c1-17(19-13-15-21(16-14-19)39-28(38)22-11-7-8-12-23(22)29)31-32-26(36)25(35)30-24-18(2)33(3)34(27(24)37)20-9-5-4-6-10-20/h4-16H,1-3H3,(H,30,35)(H,32,36)/b31-17+. The zero-order chi connectivity index (χ0) is 28.1. The first-order valence-electron chi connectivity index (χ1n) is 11.7. The Balaban J connectivity index is 1.39. The number of carbonyl (C=O) groups excluding carboxylic acids is 3. The molecule has 0 atom stereocenters. The molecule has 0 bridgehead atoms. The SMILES string of the molecule is C/C(=N\NC(=O)C(=O)Nc1c(C)n(C)n(-c2ccccc2)c1=O)c1ccc(OC(=O)c2ccccc2Cl)cc1. The molecule has 11 heteroatoms. The molecule has 0 spiro atoms. The van der Waals surface area contributed by atoms with Gasteiger partial charge < -0.3 is 10.1 Å². The third kappa shape index (κ3) is 5.97. The summed E-state index contributed by atoms with van der Waals surface area (Å²) in [5.74, 6) is -2.39. The van der Waals surface area contributed by atoms with E-state index in [1.54, 1.807) is 98.4 Å². The fourth-order valence-corrected chi connectivity index (χ4v) is 3.90. The Morgan fingerprint density at radius 1 is 0.897 bits per heavy atom. The van der Waals surface area contributed by atoms with Crippen molar-refractivity contribution < 1.29 is 19.1 Å². The highest BCUT2D eigenvalue weighted by molar-refractivity contribution is 6.39. The van der Waals surface area contributed by atoms with Crippen molar-refractivity contribution in [2.75, 3.05) is 5.32 Å². The number of para-hydroxylation sites is 1. The van der Waals surface area contributed by atoms with Crippen LogP contribution in [0.1, 0.15) is 28.5 Å². The molecule has 0 aliphatic rings. The van der Waals surface area contributed by atoms with E-state index in [0.29, 0.717) is 28.4 Å². The van der Waals surface area contributed by atoms with E-state index in [2.05, 4.69) is 15.8 Å². The number of amides is 2. The van der Waals surface area contributed by atoms with Gasteiger partial charge in [-0.3, -0.25) is 19.1 Å². The van der Waals surface area contributed by atoms with Gasteiger partial charge >= 0.3 is 17.8 Å². The number of nitrogens with zero attached hydrogens (tertiary/aromatic N) is 3. The van der Waals surface area contributed by atoms with Gasteiger partial charge in [-0.25, -0.2) is 14.9 Å². The Kier molecular flexibility index (Phi) is 8.07. The highest BCUT2D eigenvalue weighted by atomic mass is 35.5. The summed E-state index contributed by atoms with van der Waals surface area (Å²) >= 11 is 6.03. The van der Waals surface area contributed by atoms with Crippen LogP contribution < -0.4 is 21.0 Å². The summed E-state index contributed by atoms with van der Waals surface area (Å²) in [5.41, 5.74) is 4.03. The molecule has 2 amide bonds. The van der Waals surface area contributed by atoms with Crippen molar-refractivity contribution in [1.82, 2.24) is 14.8 Å². The van der Waals surface area contributed by atoms with Crippen LogP contribution in [-0.2, 0) is 16.6 Å². The number of hydrazone groups is 1. The molecule has 1 heterocycles. The maximum Gasteiger partial charge on any atom is 0.345 e. The number of rotatable bonds is 6. The maximum atomic E-state index is 12.9. The second-order valence-corrected chi connectivity index (χ2v) is 8.83. The third-order valence-electron chi connectivity index (χ3n) is 5.90. The van der Waals surface area contributed by atoms with E-state index in [9.17, 15) is 19.2 Å². The lowest BCUT2D eigenvalue weighted by atomic mass is 10.1. The zero-order valence-electron chi connectivity index (χ0n) is 21.3. The van der Waals surface area contributed by atoms with Crippen LogP contribution in [0.3, 0.4) is 0 Å². The molecule has 39 heavy (non-hydrogen) atoms. The normalized spacial score (nSPS) is 11.1. The lowest BCUT2D eigenvalue weighted by Gasteiger charge is -2.07. The van der Waals surface area contributed by atoms with Crippen LogP contribution in [0.15, 0.2) is 88.8 Å². The molecule has 10 nitrogen and oxygen atoms in total. The predicted octanol–water partition coefficient (Wildman–Crippen LogP) is 3.84. The number of esters is 1. The molecule has 0 aliphatic heterocycles. The van der Waals surface area contributed by atoms with E-state index in [-0.39, 0.29) is 16.3 Å². The maximum absolute atomic E-state index is 12.9. The summed E-state index contributed by atoms with van der Waals surface area (Å²) in [6.07, 6.45) is 0. The Hall–Kier alpha value is -4.96. The van der Waals surface area contributed by atoms with Crippen LogP contribution in [-0.4, -0.2) is 32.9 Å². The summed E-state index contributed by atoms with van der Waals surface area (Å²) in [6, 6.07) is 21.9. The minimum atomic E-state index is -1.05. The second-order valence-electron chi connectivity index (χ2n) is 8.42. The molecule has 1 aromatic heterocycles. The number of hydrogen-bond acceptors (Lipinski definition) is 6.